The number of halogens is 1. The summed E-state index contributed by atoms with van der Waals surface area (Å²) in [5.41, 5.74) is 3.46. The fourth-order valence-electron chi connectivity index (χ4n) is 3.75. The van der Waals surface area contributed by atoms with Crippen LogP contribution in [0.25, 0.3) is 11.3 Å². The first kappa shape index (κ1) is 21.7. The highest BCUT2D eigenvalue weighted by Crippen LogP contribution is 2.25. The van der Waals surface area contributed by atoms with E-state index in [1.807, 2.05) is 12.1 Å². The third-order valence-electron chi connectivity index (χ3n) is 5.53. The molecule has 166 valence electrons. The predicted octanol–water partition coefficient (Wildman–Crippen LogP) is 4.13. The lowest BCUT2D eigenvalue weighted by Gasteiger charge is -2.35. The van der Waals surface area contributed by atoms with E-state index in [1.165, 1.54) is 12.6 Å². The Kier molecular flexibility index (Phi) is 6.61. The van der Waals surface area contributed by atoms with Crippen molar-refractivity contribution in [2.24, 2.45) is 0 Å². The third kappa shape index (κ3) is 5.20. The third-order valence-corrected chi connectivity index (χ3v) is 5.53. The van der Waals surface area contributed by atoms with Crippen molar-refractivity contribution in [2.45, 2.75) is 13.8 Å². The number of nitrogens with one attached hydrogen (secondary N) is 2. The Bertz CT molecular complexity index is 1060. The van der Waals surface area contributed by atoms with Crippen LogP contribution in [0.1, 0.15) is 13.8 Å². The minimum atomic E-state index is -0.510. The highest BCUT2D eigenvalue weighted by molar-refractivity contribution is 5.88. The molecule has 0 saturated carbocycles. The molecule has 1 aliphatic heterocycles. The molecule has 1 aliphatic rings. The van der Waals surface area contributed by atoms with Crippen LogP contribution in [0.15, 0.2) is 54.7 Å². The van der Waals surface area contributed by atoms with Crippen LogP contribution in [0.3, 0.4) is 0 Å². The molecule has 0 spiro atoms. The van der Waals surface area contributed by atoms with Crippen molar-refractivity contribution in [2.75, 3.05) is 48.3 Å². The van der Waals surface area contributed by atoms with E-state index in [9.17, 15) is 9.18 Å². The Labute approximate surface area is 187 Å². The highest BCUT2D eigenvalue weighted by Gasteiger charge is 2.16. The summed E-state index contributed by atoms with van der Waals surface area (Å²) < 4.78 is 14.4. The van der Waals surface area contributed by atoms with Gasteiger partial charge in [0.05, 0.1) is 6.20 Å². The minimum absolute atomic E-state index is 0.160. The van der Waals surface area contributed by atoms with Gasteiger partial charge >= 0.3 is 0 Å². The number of rotatable bonds is 6. The summed E-state index contributed by atoms with van der Waals surface area (Å²) in [6.07, 6.45) is 1.16. The Morgan fingerprint density at radius 1 is 1.00 bits per heavy atom. The summed E-state index contributed by atoms with van der Waals surface area (Å²) in [5, 5.41) is 5.84. The zero-order valence-corrected chi connectivity index (χ0v) is 18.3. The van der Waals surface area contributed by atoms with Gasteiger partial charge in [-0.3, -0.25) is 4.79 Å². The molecule has 0 atom stereocenters. The Morgan fingerprint density at radius 3 is 2.28 bits per heavy atom. The molecule has 1 amide bonds. The molecule has 8 heteroatoms. The van der Waals surface area contributed by atoms with E-state index in [-0.39, 0.29) is 11.6 Å². The Hall–Kier alpha value is -3.52. The van der Waals surface area contributed by atoms with Gasteiger partial charge in [-0.1, -0.05) is 19.1 Å². The molecular formula is C24H27FN6O. The molecule has 2 aromatic carbocycles. The van der Waals surface area contributed by atoms with E-state index < -0.39 is 5.82 Å². The van der Waals surface area contributed by atoms with E-state index in [0.717, 1.165) is 44.6 Å². The molecule has 0 radical (unpaired) electrons. The van der Waals surface area contributed by atoms with Crippen molar-refractivity contribution in [3.05, 3.63) is 60.5 Å². The molecule has 2 N–H and O–H groups in total. The van der Waals surface area contributed by atoms with Crippen LogP contribution in [-0.2, 0) is 4.79 Å². The number of likely N-dealkylation sites (N-methyl/N-ethyl adjacent to an activating group) is 1. The van der Waals surface area contributed by atoms with Crippen LogP contribution >= 0.6 is 0 Å². The first-order valence-corrected chi connectivity index (χ1v) is 10.8. The largest absolute Gasteiger partial charge is 0.369 e. The monoisotopic (exact) mass is 434 g/mol. The van der Waals surface area contributed by atoms with Crippen molar-refractivity contribution < 1.29 is 9.18 Å². The lowest BCUT2D eigenvalue weighted by atomic mass is 10.1. The molecular weight excluding hydrogens is 407 g/mol. The number of carbonyl (C=O) groups is 1. The number of piperazine rings is 1. The van der Waals surface area contributed by atoms with Crippen molar-refractivity contribution in [3.63, 3.8) is 0 Å². The zero-order chi connectivity index (χ0) is 22.5. The van der Waals surface area contributed by atoms with Crippen molar-refractivity contribution in [3.8, 4) is 11.3 Å². The molecule has 1 fully saturated rings. The number of hydrogen-bond acceptors (Lipinski definition) is 6. The van der Waals surface area contributed by atoms with Crippen LogP contribution in [-0.4, -0.2) is 53.5 Å². The molecule has 0 unspecified atom stereocenters. The molecule has 32 heavy (non-hydrogen) atoms. The SMILES string of the molecule is CCN1CCN(c2ccc(Nc3ncc(F)c(-c4ccc(NC(C)=O)cc4)n3)cc2)CC1. The average molecular weight is 435 g/mol. The molecule has 2 heterocycles. The second kappa shape index (κ2) is 9.74. The second-order valence-corrected chi connectivity index (χ2v) is 7.74. The number of amides is 1. The average Bonchev–Trinajstić information content (AvgIpc) is 2.81. The molecule has 4 rings (SSSR count). The Balaban J connectivity index is 1.45. The maximum Gasteiger partial charge on any atom is 0.227 e. The summed E-state index contributed by atoms with van der Waals surface area (Å²) >= 11 is 0. The fourth-order valence-corrected chi connectivity index (χ4v) is 3.75. The fraction of sp³-hybridized carbons (Fsp3) is 0.292. The highest BCUT2D eigenvalue weighted by atomic mass is 19.1. The van der Waals surface area contributed by atoms with E-state index in [1.54, 1.807) is 24.3 Å². The van der Waals surface area contributed by atoms with Gasteiger partial charge in [0, 0.05) is 55.7 Å². The number of carbonyl (C=O) groups excluding carboxylic acids is 1. The topological polar surface area (TPSA) is 73.4 Å². The van der Waals surface area contributed by atoms with Gasteiger partial charge in [0.1, 0.15) is 5.69 Å². The lowest BCUT2D eigenvalue weighted by molar-refractivity contribution is -0.114. The van der Waals surface area contributed by atoms with E-state index in [2.05, 4.69) is 49.5 Å². The smallest absolute Gasteiger partial charge is 0.227 e. The predicted molar refractivity (Wildman–Crippen MR) is 126 cm³/mol. The first-order chi connectivity index (χ1) is 15.5. The van der Waals surface area contributed by atoms with Crippen LogP contribution in [0.2, 0.25) is 0 Å². The van der Waals surface area contributed by atoms with Gasteiger partial charge in [0.15, 0.2) is 5.82 Å². The number of hydrogen-bond donors (Lipinski definition) is 2. The van der Waals surface area contributed by atoms with Gasteiger partial charge in [0.25, 0.3) is 0 Å². The summed E-state index contributed by atoms with van der Waals surface area (Å²) in [5.74, 6) is -0.354. The van der Waals surface area contributed by atoms with Gasteiger partial charge in [-0.2, -0.15) is 0 Å². The zero-order valence-electron chi connectivity index (χ0n) is 18.3. The second-order valence-electron chi connectivity index (χ2n) is 7.74. The summed E-state index contributed by atoms with van der Waals surface area (Å²) in [4.78, 5) is 24.4. The Morgan fingerprint density at radius 2 is 1.66 bits per heavy atom. The standard InChI is InChI=1S/C24H27FN6O/c1-3-30-12-14-31(15-13-30)21-10-8-20(9-11-21)28-24-26-16-22(25)23(29-24)18-4-6-19(7-5-18)27-17(2)32/h4-11,16H,3,12-15H2,1-2H3,(H,27,32)(H,26,28,29). The number of benzene rings is 2. The van der Waals surface area contributed by atoms with E-state index >= 15 is 0 Å². The van der Waals surface area contributed by atoms with Crippen molar-refractivity contribution in [1.29, 1.82) is 0 Å². The maximum atomic E-state index is 14.4. The summed E-state index contributed by atoms with van der Waals surface area (Å²) in [7, 11) is 0. The van der Waals surface area contributed by atoms with Gasteiger partial charge in [0.2, 0.25) is 11.9 Å². The minimum Gasteiger partial charge on any atom is -0.369 e. The van der Waals surface area contributed by atoms with Crippen LogP contribution in [0, 0.1) is 5.82 Å². The van der Waals surface area contributed by atoms with Crippen molar-refractivity contribution >= 4 is 28.9 Å². The van der Waals surface area contributed by atoms with Gasteiger partial charge < -0.3 is 20.4 Å². The summed E-state index contributed by atoms with van der Waals surface area (Å²) in [6.45, 7) is 8.92. The summed E-state index contributed by atoms with van der Waals surface area (Å²) in [6, 6.07) is 15.0. The van der Waals surface area contributed by atoms with Gasteiger partial charge in [-0.25, -0.2) is 14.4 Å². The number of nitrogens with zero attached hydrogens (tertiary/aromatic N) is 4. The van der Waals surface area contributed by atoms with E-state index in [4.69, 9.17) is 0 Å². The molecule has 3 aromatic rings. The van der Waals surface area contributed by atoms with Gasteiger partial charge in [-0.05, 0) is 42.9 Å². The first-order valence-electron chi connectivity index (χ1n) is 10.8. The lowest BCUT2D eigenvalue weighted by Crippen LogP contribution is -2.46. The number of anilines is 4. The molecule has 1 saturated heterocycles. The quantitative estimate of drug-likeness (QED) is 0.608. The van der Waals surface area contributed by atoms with Crippen LogP contribution in [0.4, 0.5) is 27.4 Å². The normalized spacial score (nSPS) is 14.3. The van der Waals surface area contributed by atoms with Gasteiger partial charge in [-0.15, -0.1) is 0 Å². The van der Waals surface area contributed by atoms with Crippen LogP contribution in [0.5, 0.6) is 0 Å². The molecule has 0 aliphatic carbocycles. The molecule has 0 bridgehead atoms. The van der Waals surface area contributed by atoms with Crippen molar-refractivity contribution in [1.82, 2.24) is 14.9 Å². The van der Waals surface area contributed by atoms with E-state index in [0.29, 0.717) is 17.2 Å². The maximum absolute atomic E-state index is 14.4. The number of aromatic nitrogens is 2. The van der Waals surface area contributed by atoms with Crippen LogP contribution < -0.4 is 15.5 Å². The molecule has 1 aromatic heterocycles. The molecule has 7 nitrogen and oxygen atoms in total.